The minimum Gasteiger partial charge on any atom is -0.370 e. The monoisotopic (exact) mass is 336 g/mol. The molecule has 0 aliphatic heterocycles. The number of benzene rings is 1. The van der Waals surface area contributed by atoms with E-state index in [1.165, 1.54) is 37.8 Å². The van der Waals surface area contributed by atoms with Gasteiger partial charge in [0.25, 0.3) is 0 Å². The Hall–Kier alpha value is -1.06. The van der Waals surface area contributed by atoms with Gasteiger partial charge in [-0.25, -0.2) is 4.98 Å². The standard InChI is InChI=1S/C18H25ClN2S/c1-2-3-4-5-8-12-21(13-11-16-14-22-15-20-16)18-10-7-6-9-17(18)19/h6-7,9-10,14-15H,2-5,8,11-13H2,1H3. The summed E-state index contributed by atoms with van der Waals surface area (Å²) in [6, 6.07) is 8.15. The van der Waals surface area contributed by atoms with Crippen LogP contribution in [0.3, 0.4) is 0 Å². The van der Waals surface area contributed by atoms with Crippen molar-refractivity contribution < 1.29 is 0 Å². The molecule has 0 aliphatic carbocycles. The Morgan fingerprint density at radius 3 is 2.64 bits per heavy atom. The third-order valence-electron chi connectivity index (χ3n) is 3.85. The van der Waals surface area contributed by atoms with Gasteiger partial charge in [0.15, 0.2) is 0 Å². The lowest BCUT2D eigenvalue weighted by atomic mass is 10.1. The molecule has 0 bridgehead atoms. The number of rotatable bonds is 10. The van der Waals surface area contributed by atoms with Crippen LogP contribution in [0.1, 0.15) is 44.7 Å². The molecular formula is C18H25ClN2S. The number of halogens is 1. The lowest BCUT2D eigenvalue weighted by Crippen LogP contribution is -2.27. The molecule has 0 saturated heterocycles. The molecule has 0 spiro atoms. The third-order valence-corrected chi connectivity index (χ3v) is 4.80. The third kappa shape index (κ3) is 5.62. The van der Waals surface area contributed by atoms with Crippen LogP contribution < -0.4 is 4.90 Å². The predicted octanol–water partition coefficient (Wildman–Crippen LogP) is 5.82. The Morgan fingerprint density at radius 1 is 1.09 bits per heavy atom. The van der Waals surface area contributed by atoms with E-state index in [0.29, 0.717) is 0 Å². The maximum Gasteiger partial charge on any atom is 0.0794 e. The second-order valence-corrected chi connectivity index (χ2v) is 6.71. The Bertz CT molecular complexity index is 528. The Balaban J connectivity index is 1.92. The number of thiazole rings is 1. The van der Waals surface area contributed by atoms with Crippen LogP contribution >= 0.6 is 22.9 Å². The number of nitrogens with zero attached hydrogens (tertiary/aromatic N) is 2. The van der Waals surface area contributed by atoms with Gasteiger partial charge in [-0.2, -0.15) is 0 Å². The topological polar surface area (TPSA) is 16.1 Å². The largest absolute Gasteiger partial charge is 0.370 e. The summed E-state index contributed by atoms with van der Waals surface area (Å²) in [6.07, 6.45) is 7.46. The lowest BCUT2D eigenvalue weighted by molar-refractivity contribution is 0.616. The van der Waals surface area contributed by atoms with E-state index in [1.807, 2.05) is 17.6 Å². The first kappa shape index (κ1) is 17.3. The molecule has 1 aromatic heterocycles. The fraction of sp³-hybridized carbons (Fsp3) is 0.500. The van der Waals surface area contributed by atoms with Crippen molar-refractivity contribution in [2.75, 3.05) is 18.0 Å². The van der Waals surface area contributed by atoms with E-state index in [2.05, 4.69) is 34.3 Å². The van der Waals surface area contributed by atoms with Gasteiger partial charge in [0.05, 0.1) is 21.9 Å². The van der Waals surface area contributed by atoms with Crippen LogP contribution in [0.4, 0.5) is 5.69 Å². The summed E-state index contributed by atoms with van der Waals surface area (Å²) in [5.74, 6) is 0. The summed E-state index contributed by atoms with van der Waals surface area (Å²) in [7, 11) is 0. The van der Waals surface area contributed by atoms with Crippen LogP contribution in [-0.4, -0.2) is 18.1 Å². The van der Waals surface area contributed by atoms with E-state index < -0.39 is 0 Å². The molecular weight excluding hydrogens is 312 g/mol. The average Bonchev–Trinajstić information content (AvgIpc) is 3.04. The van der Waals surface area contributed by atoms with Crippen molar-refractivity contribution in [2.45, 2.75) is 45.4 Å². The van der Waals surface area contributed by atoms with E-state index in [4.69, 9.17) is 11.6 Å². The molecule has 1 aromatic carbocycles. The van der Waals surface area contributed by atoms with Crippen LogP contribution in [0.2, 0.25) is 5.02 Å². The quantitative estimate of drug-likeness (QED) is 0.508. The van der Waals surface area contributed by atoms with Crippen LogP contribution in [0.25, 0.3) is 0 Å². The van der Waals surface area contributed by atoms with E-state index in [0.717, 1.165) is 30.2 Å². The van der Waals surface area contributed by atoms with Gasteiger partial charge in [0, 0.05) is 24.9 Å². The van der Waals surface area contributed by atoms with Crippen LogP contribution in [0.5, 0.6) is 0 Å². The lowest BCUT2D eigenvalue weighted by Gasteiger charge is -2.25. The molecule has 2 nitrogen and oxygen atoms in total. The molecule has 4 heteroatoms. The zero-order valence-electron chi connectivity index (χ0n) is 13.3. The van der Waals surface area contributed by atoms with Crippen molar-refractivity contribution >= 4 is 28.6 Å². The zero-order chi connectivity index (χ0) is 15.6. The molecule has 2 aromatic rings. The second kappa shape index (κ2) is 9.86. The number of para-hydroxylation sites is 1. The summed E-state index contributed by atoms with van der Waals surface area (Å²) < 4.78 is 0. The van der Waals surface area contributed by atoms with E-state index in [1.54, 1.807) is 11.3 Å². The molecule has 2 rings (SSSR count). The molecule has 0 aliphatic rings. The first-order valence-electron chi connectivity index (χ1n) is 8.17. The highest BCUT2D eigenvalue weighted by molar-refractivity contribution is 7.07. The van der Waals surface area contributed by atoms with Crippen molar-refractivity contribution in [1.29, 1.82) is 0 Å². The second-order valence-electron chi connectivity index (χ2n) is 5.58. The van der Waals surface area contributed by atoms with Gasteiger partial charge in [0.1, 0.15) is 0 Å². The van der Waals surface area contributed by atoms with Crippen molar-refractivity contribution in [3.63, 3.8) is 0 Å². The first-order chi connectivity index (χ1) is 10.8. The summed E-state index contributed by atoms with van der Waals surface area (Å²) >= 11 is 8.05. The number of anilines is 1. The van der Waals surface area contributed by atoms with Crippen molar-refractivity contribution in [3.05, 3.63) is 45.9 Å². The zero-order valence-corrected chi connectivity index (χ0v) is 14.9. The molecule has 120 valence electrons. The maximum absolute atomic E-state index is 6.39. The molecule has 0 amide bonds. The number of hydrogen-bond acceptors (Lipinski definition) is 3. The van der Waals surface area contributed by atoms with E-state index >= 15 is 0 Å². The fourth-order valence-corrected chi connectivity index (χ4v) is 3.43. The number of unbranched alkanes of at least 4 members (excludes halogenated alkanes) is 4. The van der Waals surface area contributed by atoms with Gasteiger partial charge in [-0.15, -0.1) is 11.3 Å². The molecule has 22 heavy (non-hydrogen) atoms. The molecule has 0 atom stereocenters. The molecule has 0 fully saturated rings. The highest BCUT2D eigenvalue weighted by atomic mass is 35.5. The van der Waals surface area contributed by atoms with E-state index in [9.17, 15) is 0 Å². The average molecular weight is 337 g/mol. The molecule has 0 unspecified atom stereocenters. The number of aromatic nitrogens is 1. The molecule has 0 N–H and O–H groups in total. The smallest absolute Gasteiger partial charge is 0.0794 e. The first-order valence-corrected chi connectivity index (χ1v) is 9.50. The summed E-state index contributed by atoms with van der Waals surface area (Å²) in [6.45, 7) is 4.29. The molecule has 1 heterocycles. The normalized spacial score (nSPS) is 10.8. The van der Waals surface area contributed by atoms with Crippen LogP contribution in [0, 0.1) is 0 Å². The Labute approximate surface area is 143 Å². The highest BCUT2D eigenvalue weighted by Gasteiger charge is 2.10. The van der Waals surface area contributed by atoms with Gasteiger partial charge < -0.3 is 4.90 Å². The summed E-state index contributed by atoms with van der Waals surface area (Å²) in [5.41, 5.74) is 4.22. The van der Waals surface area contributed by atoms with Gasteiger partial charge in [-0.3, -0.25) is 0 Å². The van der Waals surface area contributed by atoms with Crippen molar-refractivity contribution in [1.82, 2.24) is 4.98 Å². The summed E-state index contributed by atoms with van der Waals surface area (Å²) in [5, 5.41) is 2.97. The van der Waals surface area contributed by atoms with Gasteiger partial charge >= 0.3 is 0 Å². The Kier molecular flexibility index (Phi) is 7.75. The number of hydrogen-bond donors (Lipinski definition) is 0. The minimum atomic E-state index is 0.842. The molecule has 0 radical (unpaired) electrons. The van der Waals surface area contributed by atoms with Gasteiger partial charge in [-0.1, -0.05) is 56.3 Å². The van der Waals surface area contributed by atoms with Crippen LogP contribution in [-0.2, 0) is 6.42 Å². The SMILES string of the molecule is CCCCCCCN(CCc1cscn1)c1ccccc1Cl. The van der Waals surface area contributed by atoms with Crippen molar-refractivity contribution in [3.8, 4) is 0 Å². The fourth-order valence-electron chi connectivity index (χ4n) is 2.58. The highest BCUT2D eigenvalue weighted by Crippen LogP contribution is 2.26. The summed E-state index contributed by atoms with van der Waals surface area (Å²) in [4.78, 5) is 6.79. The molecule has 0 saturated carbocycles. The van der Waals surface area contributed by atoms with E-state index in [-0.39, 0.29) is 0 Å². The Morgan fingerprint density at radius 2 is 1.91 bits per heavy atom. The van der Waals surface area contributed by atoms with Gasteiger partial charge in [-0.05, 0) is 18.6 Å². The van der Waals surface area contributed by atoms with Crippen LogP contribution in [0.15, 0.2) is 35.2 Å². The maximum atomic E-state index is 6.39. The van der Waals surface area contributed by atoms with Gasteiger partial charge in [0.2, 0.25) is 0 Å². The predicted molar refractivity (Wildman–Crippen MR) is 98.2 cm³/mol. The minimum absolute atomic E-state index is 0.842. The van der Waals surface area contributed by atoms with Crippen molar-refractivity contribution in [2.24, 2.45) is 0 Å².